The highest BCUT2D eigenvalue weighted by atomic mass is 16.4. The standard InChI is InChI=1S/C9H14N2O3/c1-10-3-7-5-11(9(13)14)4-6(7)2-8(10)12/h6-7H,2-5H2,1H3,(H,13,14). The molecule has 5 nitrogen and oxygen atoms in total. The van der Waals surface area contributed by atoms with E-state index in [0.29, 0.717) is 32.0 Å². The van der Waals surface area contributed by atoms with E-state index >= 15 is 0 Å². The first-order valence-electron chi connectivity index (χ1n) is 4.79. The molecule has 2 aliphatic heterocycles. The summed E-state index contributed by atoms with van der Waals surface area (Å²) in [5, 5.41) is 8.82. The fraction of sp³-hybridized carbons (Fsp3) is 0.778. The van der Waals surface area contributed by atoms with Gasteiger partial charge in [-0.3, -0.25) is 4.79 Å². The lowest BCUT2D eigenvalue weighted by Crippen LogP contribution is -2.41. The van der Waals surface area contributed by atoms with Gasteiger partial charge in [-0.1, -0.05) is 0 Å². The molecule has 0 saturated carbocycles. The number of carboxylic acid groups (broad SMARTS) is 1. The van der Waals surface area contributed by atoms with Gasteiger partial charge in [0.2, 0.25) is 5.91 Å². The molecule has 2 heterocycles. The second-order valence-electron chi connectivity index (χ2n) is 4.19. The summed E-state index contributed by atoms with van der Waals surface area (Å²) in [6, 6.07) is 0. The van der Waals surface area contributed by atoms with Crippen molar-refractivity contribution in [2.24, 2.45) is 11.8 Å². The van der Waals surface area contributed by atoms with Gasteiger partial charge in [-0.2, -0.15) is 0 Å². The molecule has 5 heteroatoms. The van der Waals surface area contributed by atoms with Crippen LogP contribution in [0.25, 0.3) is 0 Å². The van der Waals surface area contributed by atoms with Crippen LogP contribution in [0.3, 0.4) is 0 Å². The number of hydrogen-bond donors (Lipinski definition) is 1. The third-order valence-electron chi connectivity index (χ3n) is 3.22. The van der Waals surface area contributed by atoms with Crippen molar-refractivity contribution in [2.75, 3.05) is 26.7 Å². The van der Waals surface area contributed by atoms with Crippen LogP contribution in [0.2, 0.25) is 0 Å². The molecular weight excluding hydrogens is 184 g/mol. The summed E-state index contributed by atoms with van der Waals surface area (Å²) in [4.78, 5) is 25.2. The van der Waals surface area contributed by atoms with E-state index in [1.165, 1.54) is 4.90 Å². The Labute approximate surface area is 82.3 Å². The fourth-order valence-corrected chi connectivity index (χ4v) is 2.37. The molecule has 0 aromatic carbocycles. The molecule has 1 N–H and O–H groups in total. The van der Waals surface area contributed by atoms with Crippen molar-refractivity contribution < 1.29 is 14.7 Å². The normalized spacial score (nSPS) is 31.9. The summed E-state index contributed by atoms with van der Waals surface area (Å²) in [7, 11) is 1.78. The minimum absolute atomic E-state index is 0.137. The van der Waals surface area contributed by atoms with Crippen molar-refractivity contribution in [3.05, 3.63) is 0 Å². The molecule has 14 heavy (non-hydrogen) atoms. The van der Waals surface area contributed by atoms with Crippen LogP contribution in [0, 0.1) is 11.8 Å². The molecule has 0 aromatic heterocycles. The minimum atomic E-state index is -0.866. The van der Waals surface area contributed by atoms with Gasteiger partial charge in [-0.15, -0.1) is 0 Å². The molecule has 2 saturated heterocycles. The quantitative estimate of drug-likeness (QED) is 0.599. The number of fused-ring (bicyclic) bond motifs is 1. The van der Waals surface area contributed by atoms with E-state index in [4.69, 9.17) is 5.11 Å². The van der Waals surface area contributed by atoms with Crippen LogP contribution < -0.4 is 0 Å². The summed E-state index contributed by atoms with van der Waals surface area (Å²) in [5.41, 5.74) is 0. The molecule has 2 fully saturated rings. The summed E-state index contributed by atoms with van der Waals surface area (Å²) in [5.74, 6) is 0.724. The zero-order chi connectivity index (χ0) is 10.3. The van der Waals surface area contributed by atoms with E-state index < -0.39 is 6.09 Å². The van der Waals surface area contributed by atoms with E-state index in [-0.39, 0.29) is 11.8 Å². The Bertz CT molecular complexity index is 279. The van der Waals surface area contributed by atoms with Crippen molar-refractivity contribution in [3.63, 3.8) is 0 Å². The third-order valence-corrected chi connectivity index (χ3v) is 3.22. The molecule has 2 unspecified atom stereocenters. The van der Waals surface area contributed by atoms with Crippen LogP contribution in [0.4, 0.5) is 4.79 Å². The Morgan fingerprint density at radius 3 is 2.64 bits per heavy atom. The Morgan fingerprint density at radius 2 is 2.00 bits per heavy atom. The molecule has 0 radical (unpaired) electrons. The molecule has 0 aliphatic carbocycles. The maximum Gasteiger partial charge on any atom is 0.407 e. The van der Waals surface area contributed by atoms with Crippen LogP contribution in [0.5, 0.6) is 0 Å². The molecular formula is C9H14N2O3. The smallest absolute Gasteiger partial charge is 0.407 e. The van der Waals surface area contributed by atoms with E-state index in [0.717, 1.165) is 0 Å². The molecule has 0 spiro atoms. The van der Waals surface area contributed by atoms with Gasteiger partial charge in [0.05, 0.1) is 0 Å². The van der Waals surface area contributed by atoms with Gasteiger partial charge in [-0.05, 0) is 11.8 Å². The van der Waals surface area contributed by atoms with Crippen molar-refractivity contribution >= 4 is 12.0 Å². The molecule has 2 atom stereocenters. The van der Waals surface area contributed by atoms with Crippen LogP contribution in [-0.4, -0.2) is 53.6 Å². The zero-order valence-electron chi connectivity index (χ0n) is 8.14. The molecule has 0 bridgehead atoms. The average Bonchev–Trinajstić information content (AvgIpc) is 2.48. The predicted molar refractivity (Wildman–Crippen MR) is 48.8 cm³/mol. The third kappa shape index (κ3) is 1.42. The van der Waals surface area contributed by atoms with E-state index in [1.54, 1.807) is 11.9 Å². The molecule has 2 rings (SSSR count). The van der Waals surface area contributed by atoms with Crippen LogP contribution in [-0.2, 0) is 4.79 Å². The Hall–Kier alpha value is -1.26. The number of carbonyl (C=O) groups is 2. The number of piperidine rings is 1. The van der Waals surface area contributed by atoms with Crippen LogP contribution in [0.1, 0.15) is 6.42 Å². The molecule has 78 valence electrons. The number of rotatable bonds is 0. The van der Waals surface area contributed by atoms with Gasteiger partial charge >= 0.3 is 6.09 Å². The lowest BCUT2D eigenvalue weighted by molar-refractivity contribution is -0.134. The minimum Gasteiger partial charge on any atom is -0.465 e. The van der Waals surface area contributed by atoms with Crippen molar-refractivity contribution in [1.29, 1.82) is 0 Å². The van der Waals surface area contributed by atoms with Gasteiger partial charge in [0.1, 0.15) is 0 Å². The highest BCUT2D eigenvalue weighted by Gasteiger charge is 2.40. The fourth-order valence-electron chi connectivity index (χ4n) is 2.37. The number of likely N-dealkylation sites (tertiary alicyclic amines) is 2. The molecule has 0 aromatic rings. The lowest BCUT2D eigenvalue weighted by Gasteiger charge is -2.30. The first-order valence-corrected chi connectivity index (χ1v) is 4.79. The average molecular weight is 198 g/mol. The predicted octanol–water partition coefficient (Wildman–Crippen LogP) is 0.0745. The van der Waals surface area contributed by atoms with E-state index in [2.05, 4.69) is 0 Å². The van der Waals surface area contributed by atoms with E-state index in [9.17, 15) is 9.59 Å². The topological polar surface area (TPSA) is 60.9 Å². The van der Waals surface area contributed by atoms with Gasteiger partial charge in [0.15, 0.2) is 0 Å². The van der Waals surface area contributed by atoms with Crippen LogP contribution in [0.15, 0.2) is 0 Å². The highest BCUT2D eigenvalue weighted by Crippen LogP contribution is 2.30. The second-order valence-corrected chi connectivity index (χ2v) is 4.19. The number of carbonyl (C=O) groups excluding carboxylic acids is 1. The number of amides is 2. The Morgan fingerprint density at radius 1 is 1.36 bits per heavy atom. The van der Waals surface area contributed by atoms with Crippen LogP contribution >= 0.6 is 0 Å². The van der Waals surface area contributed by atoms with Crippen molar-refractivity contribution in [2.45, 2.75) is 6.42 Å². The van der Waals surface area contributed by atoms with Gasteiger partial charge in [0.25, 0.3) is 0 Å². The van der Waals surface area contributed by atoms with Gasteiger partial charge in [0, 0.05) is 33.1 Å². The highest BCUT2D eigenvalue weighted by molar-refractivity contribution is 5.77. The first-order chi connectivity index (χ1) is 6.58. The monoisotopic (exact) mass is 198 g/mol. The summed E-state index contributed by atoms with van der Waals surface area (Å²) in [6.07, 6.45) is -0.361. The van der Waals surface area contributed by atoms with Gasteiger partial charge < -0.3 is 14.9 Å². The maximum absolute atomic E-state index is 11.4. The zero-order valence-corrected chi connectivity index (χ0v) is 8.14. The van der Waals surface area contributed by atoms with Crippen molar-refractivity contribution in [1.82, 2.24) is 9.80 Å². The number of hydrogen-bond acceptors (Lipinski definition) is 2. The summed E-state index contributed by atoms with van der Waals surface area (Å²) < 4.78 is 0. The molecule has 2 aliphatic rings. The number of nitrogens with zero attached hydrogens (tertiary/aromatic N) is 2. The Kier molecular flexibility index (Phi) is 2.09. The summed E-state index contributed by atoms with van der Waals surface area (Å²) in [6.45, 7) is 1.81. The summed E-state index contributed by atoms with van der Waals surface area (Å²) >= 11 is 0. The maximum atomic E-state index is 11.4. The van der Waals surface area contributed by atoms with E-state index in [1.807, 2.05) is 0 Å². The van der Waals surface area contributed by atoms with Gasteiger partial charge in [-0.25, -0.2) is 4.79 Å². The first kappa shape index (κ1) is 9.30. The van der Waals surface area contributed by atoms with Crippen molar-refractivity contribution in [3.8, 4) is 0 Å². The molecule has 2 amide bonds. The lowest BCUT2D eigenvalue weighted by atomic mass is 9.88. The Balaban J connectivity index is 2.05. The largest absolute Gasteiger partial charge is 0.465 e. The second kappa shape index (κ2) is 3.15. The SMILES string of the molecule is CN1CC2CN(C(=O)O)CC2CC1=O.